The van der Waals surface area contributed by atoms with E-state index in [1.54, 1.807) is 0 Å². The van der Waals surface area contributed by atoms with Gasteiger partial charge in [-0.25, -0.2) is 0 Å². The summed E-state index contributed by atoms with van der Waals surface area (Å²) in [6.45, 7) is 0.654. The van der Waals surface area contributed by atoms with Gasteiger partial charge in [0.25, 0.3) is 11.8 Å². The molecule has 0 unspecified atom stereocenters. The van der Waals surface area contributed by atoms with E-state index in [0.717, 1.165) is 4.90 Å². The molecule has 0 saturated carbocycles. The van der Waals surface area contributed by atoms with E-state index in [9.17, 15) is 9.59 Å². The largest absolute Gasteiger partial charge is 0.365 e. The first kappa shape index (κ1) is 8.89. The van der Waals surface area contributed by atoms with Crippen molar-refractivity contribution in [2.24, 2.45) is 5.73 Å². The number of carbonyl (C=O) groups excluding carboxylic acids is 2. The van der Waals surface area contributed by atoms with Gasteiger partial charge in [0.2, 0.25) is 0 Å². The average Bonchev–Trinajstić information content (AvgIpc) is 2.35. The number of carbonyl (C=O) groups is 2. The molecular formula is C7H10N2O3. The minimum atomic E-state index is -0.291. The number of rotatable bonds is 4. The van der Waals surface area contributed by atoms with E-state index in [-0.39, 0.29) is 31.7 Å². The second-order valence-electron chi connectivity index (χ2n) is 2.24. The van der Waals surface area contributed by atoms with Crippen molar-refractivity contribution in [2.45, 2.75) is 0 Å². The molecule has 1 heterocycles. The maximum Gasteiger partial charge on any atom is 0.253 e. The highest BCUT2D eigenvalue weighted by Crippen LogP contribution is 2.01. The van der Waals surface area contributed by atoms with Crippen molar-refractivity contribution in [1.82, 2.24) is 4.90 Å². The number of ether oxygens (including phenoxy) is 1. The minimum Gasteiger partial charge on any atom is -0.365 e. The van der Waals surface area contributed by atoms with Gasteiger partial charge < -0.3 is 10.5 Å². The van der Waals surface area contributed by atoms with E-state index in [1.807, 2.05) is 0 Å². The lowest BCUT2D eigenvalue weighted by molar-refractivity contribution is -0.137. The Bertz CT molecular complexity index is 207. The fraction of sp³-hybridized carbons (Fsp3) is 0.429. The van der Waals surface area contributed by atoms with Gasteiger partial charge in [0.1, 0.15) is 0 Å². The van der Waals surface area contributed by atoms with Crippen molar-refractivity contribution in [2.75, 3.05) is 19.9 Å². The summed E-state index contributed by atoms with van der Waals surface area (Å²) in [5, 5.41) is 0. The van der Waals surface area contributed by atoms with Crippen LogP contribution < -0.4 is 5.73 Å². The Morgan fingerprint density at radius 2 is 1.92 bits per heavy atom. The Morgan fingerprint density at radius 1 is 1.33 bits per heavy atom. The van der Waals surface area contributed by atoms with Crippen LogP contribution in [0, 0.1) is 0 Å². The molecular weight excluding hydrogens is 160 g/mol. The molecule has 0 atom stereocenters. The van der Waals surface area contributed by atoms with E-state index in [0.29, 0.717) is 0 Å². The molecule has 0 bridgehead atoms. The molecule has 5 heteroatoms. The third-order valence-electron chi connectivity index (χ3n) is 1.48. The summed E-state index contributed by atoms with van der Waals surface area (Å²) >= 11 is 0. The molecule has 0 aromatic heterocycles. The standard InChI is InChI=1S/C7H10N2O3/c8-5-12-4-3-9-6(10)1-2-7(9)11/h1-2H,3-5,8H2. The Morgan fingerprint density at radius 3 is 2.42 bits per heavy atom. The number of nitrogens with zero attached hydrogens (tertiary/aromatic N) is 1. The van der Waals surface area contributed by atoms with Gasteiger partial charge in [0, 0.05) is 12.2 Å². The number of imide groups is 1. The SMILES string of the molecule is NCOCCN1C(=O)C=CC1=O. The molecule has 0 aromatic carbocycles. The first-order valence-corrected chi connectivity index (χ1v) is 3.57. The Kier molecular flexibility index (Phi) is 2.95. The van der Waals surface area contributed by atoms with Gasteiger partial charge in [-0.2, -0.15) is 0 Å². The van der Waals surface area contributed by atoms with Crippen molar-refractivity contribution >= 4 is 11.8 Å². The predicted molar refractivity (Wildman–Crippen MR) is 40.9 cm³/mol. The van der Waals surface area contributed by atoms with Crippen LogP contribution in [-0.2, 0) is 14.3 Å². The number of amides is 2. The van der Waals surface area contributed by atoms with Crippen LogP contribution in [0.2, 0.25) is 0 Å². The summed E-state index contributed by atoms with van der Waals surface area (Å²) < 4.78 is 4.80. The monoisotopic (exact) mass is 170 g/mol. The molecule has 0 aliphatic carbocycles. The Hall–Kier alpha value is -1.20. The van der Waals surface area contributed by atoms with Crippen LogP contribution in [0.25, 0.3) is 0 Å². The van der Waals surface area contributed by atoms with Gasteiger partial charge in [0.15, 0.2) is 0 Å². The quantitative estimate of drug-likeness (QED) is 0.328. The van der Waals surface area contributed by atoms with E-state index in [2.05, 4.69) is 0 Å². The van der Waals surface area contributed by atoms with Crippen molar-refractivity contribution in [3.8, 4) is 0 Å². The van der Waals surface area contributed by atoms with Crippen LogP contribution >= 0.6 is 0 Å². The molecule has 0 aromatic rings. The molecule has 0 saturated heterocycles. The highest BCUT2D eigenvalue weighted by atomic mass is 16.5. The average molecular weight is 170 g/mol. The van der Waals surface area contributed by atoms with Crippen molar-refractivity contribution < 1.29 is 14.3 Å². The Balaban J connectivity index is 2.33. The minimum absolute atomic E-state index is 0.101. The van der Waals surface area contributed by atoms with Crippen molar-refractivity contribution in [3.63, 3.8) is 0 Å². The van der Waals surface area contributed by atoms with Gasteiger partial charge in [-0.1, -0.05) is 0 Å². The molecule has 5 nitrogen and oxygen atoms in total. The second kappa shape index (κ2) is 3.99. The molecule has 0 spiro atoms. The van der Waals surface area contributed by atoms with Crippen molar-refractivity contribution in [1.29, 1.82) is 0 Å². The zero-order chi connectivity index (χ0) is 8.97. The number of nitrogens with two attached hydrogens (primary N) is 1. The first-order valence-electron chi connectivity index (χ1n) is 3.57. The fourth-order valence-corrected chi connectivity index (χ4v) is 0.891. The molecule has 12 heavy (non-hydrogen) atoms. The van der Waals surface area contributed by atoms with Crippen LogP contribution in [0.15, 0.2) is 12.2 Å². The maximum atomic E-state index is 10.9. The molecule has 1 rings (SSSR count). The number of hydrogen-bond donors (Lipinski definition) is 1. The van der Waals surface area contributed by atoms with Gasteiger partial charge in [-0.3, -0.25) is 14.5 Å². The Labute approximate surface area is 69.8 Å². The summed E-state index contributed by atoms with van der Waals surface area (Å²) in [4.78, 5) is 22.9. The summed E-state index contributed by atoms with van der Waals surface area (Å²) in [5.74, 6) is -0.582. The van der Waals surface area contributed by atoms with E-state index in [4.69, 9.17) is 10.5 Å². The fourth-order valence-electron chi connectivity index (χ4n) is 0.891. The smallest absolute Gasteiger partial charge is 0.253 e. The second-order valence-corrected chi connectivity index (χ2v) is 2.24. The van der Waals surface area contributed by atoms with E-state index in [1.165, 1.54) is 12.2 Å². The van der Waals surface area contributed by atoms with Crippen LogP contribution in [0.5, 0.6) is 0 Å². The third-order valence-corrected chi connectivity index (χ3v) is 1.48. The molecule has 1 aliphatic rings. The van der Waals surface area contributed by atoms with Crippen LogP contribution in [0.1, 0.15) is 0 Å². The first-order chi connectivity index (χ1) is 5.75. The maximum absolute atomic E-state index is 10.9. The lowest BCUT2D eigenvalue weighted by atomic mass is 10.5. The van der Waals surface area contributed by atoms with Crippen LogP contribution in [0.4, 0.5) is 0 Å². The van der Waals surface area contributed by atoms with Gasteiger partial charge in [-0.15, -0.1) is 0 Å². The highest BCUT2D eigenvalue weighted by Gasteiger charge is 2.22. The topological polar surface area (TPSA) is 72.6 Å². The summed E-state index contributed by atoms with van der Waals surface area (Å²) in [6.07, 6.45) is 2.48. The normalized spacial score (nSPS) is 16.2. The lowest BCUT2D eigenvalue weighted by Gasteiger charge is -2.12. The predicted octanol–water partition coefficient (Wildman–Crippen LogP) is -1.16. The molecule has 1 aliphatic heterocycles. The third kappa shape index (κ3) is 1.90. The van der Waals surface area contributed by atoms with E-state index >= 15 is 0 Å². The molecule has 2 amide bonds. The van der Waals surface area contributed by atoms with E-state index < -0.39 is 0 Å². The lowest BCUT2D eigenvalue weighted by Crippen LogP contribution is -2.33. The molecule has 0 radical (unpaired) electrons. The molecule has 0 fully saturated rings. The summed E-state index contributed by atoms with van der Waals surface area (Å²) in [5.41, 5.74) is 5.06. The summed E-state index contributed by atoms with van der Waals surface area (Å²) in [7, 11) is 0. The summed E-state index contributed by atoms with van der Waals surface area (Å²) in [6, 6.07) is 0. The van der Waals surface area contributed by atoms with Gasteiger partial charge in [-0.05, 0) is 0 Å². The van der Waals surface area contributed by atoms with Crippen molar-refractivity contribution in [3.05, 3.63) is 12.2 Å². The van der Waals surface area contributed by atoms with Gasteiger partial charge >= 0.3 is 0 Å². The highest BCUT2D eigenvalue weighted by molar-refractivity contribution is 6.12. The molecule has 2 N–H and O–H groups in total. The van der Waals surface area contributed by atoms with Crippen LogP contribution in [-0.4, -0.2) is 36.6 Å². The zero-order valence-electron chi connectivity index (χ0n) is 6.53. The van der Waals surface area contributed by atoms with Gasteiger partial charge in [0.05, 0.1) is 19.9 Å². The zero-order valence-corrected chi connectivity index (χ0v) is 6.53. The molecule has 66 valence electrons. The van der Waals surface area contributed by atoms with Crippen LogP contribution in [0.3, 0.4) is 0 Å². The number of hydrogen-bond acceptors (Lipinski definition) is 4.